The minimum absolute atomic E-state index is 0.123. The molecule has 1 aromatic carbocycles. The van der Waals surface area contributed by atoms with Crippen LogP contribution in [0.3, 0.4) is 0 Å². The topological polar surface area (TPSA) is 83.5 Å². The van der Waals surface area contributed by atoms with E-state index in [2.05, 4.69) is 0 Å². The molecule has 1 rings (SSSR count). The van der Waals surface area contributed by atoms with E-state index in [4.69, 9.17) is 23.7 Å². The molecule has 1 aromatic rings. The number of esters is 1. The van der Waals surface area contributed by atoms with Crippen molar-refractivity contribution in [3.8, 4) is 5.75 Å². The second-order valence-corrected chi connectivity index (χ2v) is 8.11. The lowest BCUT2D eigenvalue weighted by molar-refractivity contribution is -0.160. The molecule has 0 fully saturated rings. The Morgan fingerprint density at radius 3 is 2.13 bits per heavy atom. The molecule has 8 heteroatoms. The molecule has 8 nitrogen and oxygen atoms in total. The maximum absolute atomic E-state index is 13.1. The molecule has 1 atom stereocenters. The van der Waals surface area contributed by atoms with Crippen molar-refractivity contribution in [2.75, 3.05) is 34.4 Å². The van der Waals surface area contributed by atoms with Gasteiger partial charge in [0.2, 0.25) is 0 Å². The van der Waals surface area contributed by atoms with Gasteiger partial charge in [-0.3, -0.25) is 4.90 Å². The van der Waals surface area contributed by atoms with Crippen LogP contribution in [0.4, 0.5) is 4.79 Å². The van der Waals surface area contributed by atoms with Crippen molar-refractivity contribution < 1.29 is 33.3 Å². The predicted octanol–water partition coefficient (Wildman–Crippen LogP) is 3.76. The van der Waals surface area contributed by atoms with Gasteiger partial charge in [-0.1, -0.05) is 19.1 Å². The number of hydrogen-bond donors (Lipinski definition) is 0. The molecule has 0 spiro atoms. The van der Waals surface area contributed by atoms with Gasteiger partial charge in [0, 0.05) is 20.6 Å². The van der Waals surface area contributed by atoms with Crippen LogP contribution in [0.5, 0.6) is 5.75 Å². The van der Waals surface area contributed by atoms with Crippen LogP contribution >= 0.6 is 0 Å². The number of carbonyl (C=O) groups is 2. The minimum atomic E-state index is -1.33. The monoisotopic (exact) mass is 425 g/mol. The average molecular weight is 426 g/mol. The standard InChI is InChI=1S/C22H35NO7/c1-8-13-28-19(24)22(5,23(15-26-6)20(25)30-21(2,3)4)14-17-9-11-18(12-10-17)29-16-27-7/h9-12H,8,13-16H2,1-7H3/t22-/m0/s1. The molecule has 0 saturated heterocycles. The van der Waals surface area contributed by atoms with E-state index in [1.807, 2.05) is 19.1 Å². The van der Waals surface area contributed by atoms with Crippen molar-refractivity contribution in [2.24, 2.45) is 0 Å². The molecule has 0 N–H and O–H groups in total. The summed E-state index contributed by atoms with van der Waals surface area (Å²) in [5, 5.41) is 0. The lowest BCUT2D eigenvalue weighted by Gasteiger charge is -2.39. The second kappa shape index (κ2) is 11.8. The van der Waals surface area contributed by atoms with E-state index < -0.39 is 23.2 Å². The maximum Gasteiger partial charge on any atom is 0.413 e. The first-order chi connectivity index (χ1) is 14.1. The van der Waals surface area contributed by atoms with Gasteiger partial charge >= 0.3 is 12.1 Å². The number of hydrogen-bond acceptors (Lipinski definition) is 7. The lowest BCUT2D eigenvalue weighted by Crippen LogP contribution is -2.58. The van der Waals surface area contributed by atoms with Gasteiger partial charge in [0.05, 0.1) is 6.61 Å². The van der Waals surface area contributed by atoms with Crippen molar-refractivity contribution in [3.63, 3.8) is 0 Å². The van der Waals surface area contributed by atoms with E-state index in [0.717, 1.165) is 5.56 Å². The molecule has 0 aromatic heterocycles. The Morgan fingerprint density at radius 2 is 1.63 bits per heavy atom. The summed E-state index contributed by atoms with van der Waals surface area (Å²) >= 11 is 0. The molecule has 0 aliphatic carbocycles. The van der Waals surface area contributed by atoms with Crippen molar-refractivity contribution in [1.82, 2.24) is 4.90 Å². The van der Waals surface area contributed by atoms with Crippen LogP contribution in [0.1, 0.15) is 46.6 Å². The van der Waals surface area contributed by atoms with E-state index >= 15 is 0 Å². The van der Waals surface area contributed by atoms with E-state index in [1.54, 1.807) is 46.9 Å². The average Bonchev–Trinajstić information content (AvgIpc) is 2.68. The summed E-state index contributed by atoms with van der Waals surface area (Å²) < 4.78 is 26.5. The molecule has 0 radical (unpaired) electrons. The highest BCUT2D eigenvalue weighted by Gasteiger charge is 2.45. The summed E-state index contributed by atoms with van der Waals surface area (Å²) in [6.45, 7) is 9.13. The summed E-state index contributed by atoms with van der Waals surface area (Å²) in [6, 6.07) is 7.22. The number of amides is 1. The van der Waals surface area contributed by atoms with Gasteiger partial charge in [-0.15, -0.1) is 0 Å². The Bertz CT molecular complexity index is 669. The normalized spacial score (nSPS) is 13.3. The molecule has 0 aliphatic heterocycles. The Morgan fingerprint density at radius 1 is 1.00 bits per heavy atom. The summed E-state index contributed by atoms with van der Waals surface area (Å²) in [6.07, 6.45) is 0.229. The third kappa shape index (κ3) is 7.84. The van der Waals surface area contributed by atoms with Crippen LogP contribution in [0.25, 0.3) is 0 Å². The molecule has 0 bridgehead atoms. The van der Waals surface area contributed by atoms with Gasteiger partial charge in [-0.2, -0.15) is 0 Å². The maximum atomic E-state index is 13.1. The van der Waals surface area contributed by atoms with Crippen LogP contribution in [0, 0.1) is 0 Å². The Balaban J connectivity index is 3.22. The Labute approximate surface area is 179 Å². The van der Waals surface area contributed by atoms with Crippen molar-refractivity contribution in [3.05, 3.63) is 29.8 Å². The summed E-state index contributed by atoms with van der Waals surface area (Å²) in [5.74, 6) is 0.115. The van der Waals surface area contributed by atoms with Crippen LogP contribution in [-0.2, 0) is 30.2 Å². The highest BCUT2D eigenvalue weighted by Crippen LogP contribution is 2.27. The van der Waals surface area contributed by atoms with Crippen LogP contribution in [0.15, 0.2) is 24.3 Å². The number of carbonyl (C=O) groups excluding carboxylic acids is 2. The Kier molecular flexibility index (Phi) is 10.1. The molecule has 170 valence electrons. The van der Waals surface area contributed by atoms with Crippen molar-refractivity contribution >= 4 is 12.1 Å². The Hall–Kier alpha value is -2.32. The van der Waals surface area contributed by atoms with Crippen LogP contribution in [0.2, 0.25) is 0 Å². The van der Waals surface area contributed by atoms with Crippen LogP contribution < -0.4 is 4.74 Å². The van der Waals surface area contributed by atoms with Gasteiger partial charge in [0.25, 0.3) is 0 Å². The molecule has 30 heavy (non-hydrogen) atoms. The fourth-order valence-corrected chi connectivity index (χ4v) is 2.70. The second-order valence-electron chi connectivity index (χ2n) is 8.11. The number of nitrogens with zero attached hydrogens (tertiary/aromatic N) is 1. The van der Waals surface area contributed by atoms with Crippen molar-refractivity contribution in [2.45, 2.75) is 58.6 Å². The van der Waals surface area contributed by atoms with Gasteiger partial charge in [0.1, 0.15) is 23.6 Å². The smallest absolute Gasteiger partial charge is 0.413 e. The third-order valence-corrected chi connectivity index (χ3v) is 4.16. The molecular formula is C22H35NO7. The highest BCUT2D eigenvalue weighted by atomic mass is 16.7. The zero-order valence-corrected chi connectivity index (χ0v) is 19.1. The summed E-state index contributed by atoms with van der Waals surface area (Å²) in [4.78, 5) is 27.2. The zero-order chi connectivity index (χ0) is 22.8. The van der Waals surface area contributed by atoms with E-state index in [9.17, 15) is 9.59 Å². The largest absolute Gasteiger partial charge is 0.468 e. The van der Waals surface area contributed by atoms with Gasteiger partial charge in [-0.25, -0.2) is 9.59 Å². The van der Waals surface area contributed by atoms with Gasteiger partial charge in [0.15, 0.2) is 6.79 Å². The predicted molar refractivity (Wildman–Crippen MR) is 112 cm³/mol. The van der Waals surface area contributed by atoms with Gasteiger partial charge in [-0.05, 0) is 51.8 Å². The zero-order valence-electron chi connectivity index (χ0n) is 19.1. The van der Waals surface area contributed by atoms with E-state index in [-0.39, 0.29) is 26.6 Å². The van der Waals surface area contributed by atoms with E-state index in [0.29, 0.717) is 12.2 Å². The number of benzene rings is 1. The fourth-order valence-electron chi connectivity index (χ4n) is 2.70. The van der Waals surface area contributed by atoms with Crippen LogP contribution in [-0.4, -0.2) is 62.5 Å². The summed E-state index contributed by atoms with van der Waals surface area (Å²) in [5.41, 5.74) is -1.24. The van der Waals surface area contributed by atoms with Gasteiger partial charge < -0.3 is 23.7 Å². The molecular weight excluding hydrogens is 390 g/mol. The highest BCUT2D eigenvalue weighted by molar-refractivity contribution is 5.86. The quantitative estimate of drug-likeness (QED) is 0.394. The minimum Gasteiger partial charge on any atom is -0.468 e. The number of ether oxygens (including phenoxy) is 5. The van der Waals surface area contributed by atoms with E-state index in [1.165, 1.54) is 12.0 Å². The number of rotatable bonds is 11. The molecule has 0 unspecified atom stereocenters. The lowest BCUT2D eigenvalue weighted by atomic mass is 9.91. The first-order valence-corrected chi connectivity index (χ1v) is 9.94. The summed E-state index contributed by atoms with van der Waals surface area (Å²) in [7, 11) is 3.00. The first-order valence-electron chi connectivity index (χ1n) is 9.94. The molecule has 0 aliphatic rings. The molecule has 0 saturated carbocycles. The molecule has 0 heterocycles. The number of methoxy groups -OCH3 is 2. The molecule has 1 amide bonds. The first kappa shape index (κ1) is 25.7. The fraction of sp³-hybridized carbons (Fsp3) is 0.636. The third-order valence-electron chi connectivity index (χ3n) is 4.16. The SMILES string of the molecule is CCCOC(=O)[C@](C)(Cc1ccc(OCOC)cc1)N(COC)C(=O)OC(C)(C)C. The van der Waals surface area contributed by atoms with Crippen molar-refractivity contribution in [1.29, 1.82) is 0 Å².